The van der Waals surface area contributed by atoms with Crippen LogP contribution < -0.4 is 4.13 Å². The van der Waals surface area contributed by atoms with Gasteiger partial charge in [-0.05, 0) is 24.6 Å². The number of hydrogen-bond acceptors (Lipinski definition) is 4. The molecule has 0 aliphatic heterocycles. The highest BCUT2D eigenvalue weighted by atomic mass is 32.3. The Morgan fingerprint density at radius 2 is 1.71 bits per heavy atom. The third-order valence-corrected chi connectivity index (χ3v) is 5.59. The minimum absolute atomic E-state index is 0.0971. The van der Waals surface area contributed by atoms with Crippen LogP contribution in [-0.2, 0) is 20.0 Å². The molecule has 0 fully saturated rings. The van der Waals surface area contributed by atoms with Crippen LogP contribution in [0.3, 0.4) is 0 Å². The van der Waals surface area contributed by atoms with Crippen LogP contribution in [0.5, 0.6) is 0 Å². The summed E-state index contributed by atoms with van der Waals surface area (Å²) < 4.78 is 47.4. The van der Waals surface area contributed by atoms with E-state index in [1.807, 2.05) is 0 Å². The molecule has 0 aromatic heterocycles. The van der Waals surface area contributed by atoms with Crippen molar-refractivity contribution < 1.29 is 16.8 Å². The van der Waals surface area contributed by atoms with Crippen LogP contribution in [0.1, 0.15) is 12.5 Å². The molecule has 0 spiro atoms. The van der Waals surface area contributed by atoms with Gasteiger partial charge in [-0.25, -0.2) is 16.8 Å². The molecule has 0 saturated heterocycles. The number of sulfonamides is 2. The number of rotatable bonds is 5. The Kier molecular flexibility index (Phi) is 4.07. The summed E-state index contributed by atoms with van der Waals surface area (Å²) in [5.41, 5.74) is 0.752. The molecule has 7 heteroatoms. The van der Waals surface area contributed by atoms with Crippen molar-refractivity contribution in [3.05, 3.63) is 36.4 Å². The first-order valence-corrected chi connectivity index (χ1v) is 7.93. The van der Waals surface area contributed by atoms with E-state index in [2.05, 4.69) is 6.58 Å². The number of hydrogen-bond donors (Lipinski definition) is 1. The Morgan fingerprint density at radius 3 is 2.12 bits per heavy atom. The van der Waals surface area contributed by atoms with Gasteiger partial charge in [0.05, 0.1) is 10.6 Å². The largest absolute Gasteiger partial charge is 0.253 e. The highest BCUT2D eigenvalue weighted by molar-refractivity contribution is 8.04. The van der Waals surface area contributed by atoms with Crippen molar-refractivity contribution in [1.29, 1.82) is 0 Å². The topological polar surface area (TPSA) is 80.3 Å². The van der Waals surface area contributed by atoms with Crippen LogP contribution in [0, 0.1) is 0 Å². The smallest absolute Gasteiger partial charge is 0.211 e. The fourth-order valence-corrected chi connectivity index (χ4v) is 3.75. The van der Waals surface area contributed by atoms with Crippen molar-refractivity contribution >= 4 is 26.1 Å². The van der Waals surface area contributed by atoms with E-state index in [1.54, 1.807) is 22.3 Å². The molecule has 1 N–H and O–H groups in total. The summed E-state index contributed by atoms with van der Waals surface area (Å²) in [5.74, 6) is -0.295. The van der Waals surface area contributed by atoms with Crippen LogP contribution in [0.25, 0.3) is 6.08 Å². The van der Waals surface area contributed by atoms with Gasteiger partial charge in [0.1, 0.15) is 0 Å². The zero-order valence-electron chi connectivity index (χ0n) is 9.25. The first kappa shape index (κ1) is 13.9. The van der Waals surface area contributed by atoms with Gasteiger partial charge in [0.15, 0.2) is 0 Å². The molecule has 1 aromatic carbocycles. The first-order chi connectivity index (χ1) is 7.80. The second-order valence-electron chi connectivity index (χ2n) is 3.26. The second kappa shape index (κ2) is 4.99. The lowest BCUT2D eigenvalue weighted by Gasteiger charge is -2.06. The lowest BCUT2D eigenvalue weighted by Crippen LogP contribution is -2.31. The summed E-state index contributed by atoms with van der Waals surface area (Å²) in [6, 6.07) is 5.73. The Hall–Kier alpha value is -1.18. The Labute approximate surface area is 101 Å². The van der Waals surface area contributed by atoms with Crippen LogP contribution in [0.4, 0.5) is 0 Å². The van der Waals surface area contributed by atoms with Gasteiger partial charge in [-0.15, -0.1) is 4.13 Å². The molecular formula is C10H13NO4S2. The molecule has 0 aliphatic rings. The van der Waals surface area contributed by atoms with Gasteiger partial charge in [0, 0.05) is 0 Å². The van der Waals surface area contributed by atoms with Gasteiger partial charge in [-0.1, -0.05) is 24.8 Å². The predicted octanol–water partition coefficient (Wildman–Crippen LogP) is 0.958. The van der Waals surface area contributed by atoms with Crippen LogP contribution in [0.2, 0.25) is 0 Å². The highest BCUT2D eigenvalue weighted by Gasteiger charge is 2.20. The Bertz CT molecular complexity index is 600. The summed E-state index contributed by atoms with van der Waals surface area (Å²) in [7, 11) is -7.83. The summed E-state index contributed by atoms with van der Waals surface area (Å²) in [6.45, 7) is 4.89. The molecule has 0 saturated carbocycles. The fourth-order valence-electron chi connectivity index (χ4n) is 1.06. The normalized spacial score (nSPS) is 12.3. The maximum absolute atomic E-state index is 11.7. The van der Waals surface area contributed by atoms with E-state index < -0.39 is 20.0 Å². The molecule has 0 bridgehead atoms. The minimum Gasteiger partial charge on any atom is -0.211 e. The van der Waals surface area contributed by atoms with Gasteiger partial charge >= 0.3 is 0 Å². The molecule has 0 aliphatic carbocycles. The van der Waals surface area contributed by atoms with Gasteiger partial charge in [-0.3, -0.25) is 0 Å². The van der Waals surface area contributed by atoms with Gasteiger partial charge in [-0.2, -0.15) is 0 Å². The fraction of sp³-hybridized carbons (Fsp3) is 0.200. The molecule has 5 nitrogen and oxygen atoms in total. The van der Waals surface area contributed by atoms with E-state index in [0.29, 0.717) is 0 Å². The lowest BCUT2D eigenvalue weighted by molar-refractivity contribution is 0.577. The highest BCUT2D eigenvalue weighted by Crippen LogP contribution is 2.11. The van der Waals surface area contributed by atoms with E-state index >= 15 is 0 Å². The van der Waals surface area contributed by atoms with E-state index in [1.165, 1.54) is 19.1 Å². The predicted molar refractivity (Wildman–Crippen MR) is 66.3 cm³/mol. The molecule has 0 atom stereocenters. The quantitative estimate of drug-likeness (QED) is 0.868. The number of nitrogens with one attached hydrogen (secondary N) is 1. The van der Waals surface area contributed by atoms with Crippen molar-refractivity contribution in [3.8, 4) is 0 Å². The molecule has 1 rings (SSSR count). The molecular weight excluding hydrogens is 262 g/mol. The van der Waals surface area contributed by atoms with Crippen molar-refractivity contribution in [2.75, 3.05) is 5.75 Å². The van der Waals surface area contributed by atoms with Crippen molar-refractivity contribution in [1.82, 2.24) is 4.13 Å². The second-order valence-corrected chi connectivity index (χ2v) is 7.22. The molecule has 1 aromatic rings. The third kappa shape index (κ3) is 3.65. The number of benzene rings is 1. The molecule has 17 heavy (non-hydrogen) atoms. The Morgan fingerprint density at radius 1 is 1.18 bits per heavy atom. The summed E-state index contributed by atoms with van der Waals surface area (Å²) >= 11 is 0. The zero-order chi connectivity index (χ0) is 13.1. The average molecular weight is 275 g/mol. The lowest BCUT2D eigenvalue weighted by atomic mass is 10.2. The molecule has 94 valence electrons. The minimum atomic E-state index is -4.03. The van der Waals surface area contributed by atoms with Crippen LogP contribution in [0.15, 0.2) is 35.7 Å². The van der Waals surface area contributed by atoms with Gasteiger partial charge in [0.2, 0.25) is 10.0 Å². The molecule has 0 amide bonds. The van der Waals surface area contributed by atoms with Crippen LogP contribution in [-0.4, -0.2) is 22.6 Å². The third-order valence-electron chi connectivity index (χ3n) is 2.04. The monoisotopic (exact) mass is 275 g/mol. The van der Waals surface area contributed by atoms with Crippen LogP contribution >= 0.6 is 0 Å². The summed E-state index contributed by atoms with van der Waals surface area (Å²) in [4.78, 5) is -0.0971. The van der Waals surface area contributed by atoms with Gasteiger partial charge < -0.3 is 0 Å². The van der Waals surface area contributed by atoms with Crippen molar-refractivity contribution in [2.45, 2.75) is 11.8 Å². The van der Waals surface area contributed by atoms with E-state index in [9.17, 15) is 16.8 Å². The average Bonchev–Trinajstić information content (AvgIpc) is 2.28. The van der Waals surface area contributed by atoms with Crippen molar-refractivity contribution in [2.24, 2.45) is 0 Å². The molecule has 0 heterocycles. The van der Waals surface area contributed by atoms with E-state index in [0.717, 1.165) is 5.56 Å². The SMILES string of the molecule is C=Cc1ccc(S(=O)(=O)NS(=O)(=O)CC)cc1. The van der Waals surface area contributed by atoms with E-state index in [4.69, 9.17) is 0 Å². The van der Waals surface area contributed by atoms with E-state index in [-0.39, 0.29) is 10.6 Å². The van der Waals surface area contributed by atoms with Gasteiger partial charge in [0.25, 0.3) is 10.0 Å². The maximum Gasteiger partial charge on any atom is 0.253 e. The standard InChI is InChI=1S/C10H13NO4S2/c1-3-9-5-7-10(8-6-9)17(14,15)11-16(12,13)4-2/h3,5-8,11H,1,4H2,2H3. The van der Waals surface area contributed by atoms with Crippen molar-refractivity contribution in [3.63, 3.8) is 0 Å². The summed E-state index contributed by atoms with van der Waals surface area (Å²) in [5, 5.41) is 0. The zero-order valence-corrected chi connectivity index (χ0v) is 10.9. The first-order valence-electron chi connectivity index (χ1n) is 4.79. The molecule has 0 unspecified atom stereocenters. The Balaban J connectivity index is 3.10. The molecule has 0 radical (unpaired) electrons. The summed E-state index contributed by atoms with van der Waals surface area (Å²) in [6.07, 6.45) is 1.56. The maximum atomic E-state index is 11.7.